The standard InChI is InChI=1S/C24H27ClN6O/c1-26-23-28-22(19-5-3-2-4-6-19)29-24(30-23)31-13-11-17(12-14-31)15-21(32)27-16-18-7-9-20(25)10-8-18/h2-10,17H,11-16H2,1H3,(H,27,32)(H,26,28,29,30). The van der Waals surface area contributed by atoms with E-state index < -0.39 is 0 Å². The average molecular weight is 451 g/mol. The van der Waals surface area contributed by atoms with Gasteiger partial charge in [-0.05, 0) is 36.5 Å². The van der Waals surface area contributed by atoms with Crippen LogP contribution in [0.15, 0.2) is 54.6 Å². The minimum atomic E-state index is 0.0856. The van der Waals surface area contributed by atoms with Crippen molar-refractivity contribution in [1.82, 2.24) is 20.3 Å². The van der Waals surface area contributed by atoms with E-state index in [9.17, 15) is 4.79 Å². The molecule has 1 aromatic heterocycles. The van der Waals surface area contributed by atoms with Crippen molar-refractivity contribution in [2.24, 2.45) is 5.92 Å². The van der Waals surface area contributed by atoms with Crippen LogP contribution in [-0.2, 0) is 11.3 Å². The molecule has 1 amide bonds. The van der Waals surface area contributed by atoms with Crippen molar-refractivity contribution in [2.45, 2.75) is 25.8 Å². The highest BCUT2D eigenvalue weighted by Crippen LogP contribution is 2.25. The van der Waals surface area contributed by atoms with E-state index in [2.05, 4.69) is 25.5 Å². The molecule has 2 heterocycles. The van der Waals surface area contributed by atoms with Crippen LogP contribution in [0.4, 0.5) is 11.9 Å². The van der Waals surface area contributed by atoms with Crippen LogP contribution in [0, 0.1) is 5.92 Å². The predicted octanol–water partition coefficient (Wildman–Crippen LogP) is 4.16. The number of amides is 1. The van der Waals surface area contributed by atoms with Crippen LogP contribution in [0.2, 0.25) is 5.02 Å². The van der Waals surface area contributed by atoms with Crippen LogP contribution >= 0.6 is 11.6 Å². The molecular formula is C24H27ClN6O. The van der Waals surface area contributed by atoms with E-state index in [1.807, 2.05) is 61.6 Å². The van der Waals surface area contributed by atoms with Crippen molar-refractivity contribution in [3.8, 4) is 11.4 Å². The first-order valence-electron chi connectivity index (χ1n) is 10.9. The van der Waals surface area contributed by atoms with E-state index in [-0.39, 0.29) is 5.91 Å². The zero-order valence-electron chi connectivity index (χ0n) is 18.1. The lowest BCUT2D eigenvalue weighted by Crippen LogP contribution is -2.37. The Morgan fingerprint density at radius 3 is 2.44 bits per heavy atom. The lowest BCUT2D eigenvalue weighted by molar-refractivity contribution is -0.122. The summed E-state index contributed by atoms with van der Waals surface area (Å²) in [5.74, 6) is 2.33. The molecule has 0 atom stereocenters. The zero-order valence-corrected chi connectivity index (χ0v) is 18.8. The van der Waals surface area contributed by atoms with Gasteiger partial charge >= 0.3 is 0 Å². The van der Waals surface area contributed by atoms with Gasteiger partial charge in [-0.3, -0.25) is 4.79 Å². The van der Waals surface area contributed by atoms with Gasteiger partial charge in [-0.2, -0.15) is 15.0 Å². The topological polar surface area (TPSA) is 83.0 Å². The third-order valence-electron chi connectivity index (χ3n) is 5.65. The van der Waals surface area contributed by atoms with Crippen LogP contribution in [-0.4, -0.2) is 41.0 Å². The van der Waals surface area contributed by atoms with Crippen LogP contribution in [0.25, 0.3) is 11.4 Å². The fraction of sp³-hybridized carbons (Fsp3) is 0.333. The Morgan fingerprint density at radius 2 is 1.75 bits per heavy atom. The Balaban J connectivity index is 1.32. The van der Waals surface area contributed by atoms with Crippen LogP contribution < -0.4 is 15.5 Å². The summed E-state index contributed by atoms with van der Waals surface area (Å²) in [6, 6.07) is 17.4. The van der Waals surface area contributed by atoms with Gasteiger partial charge in [0.05, 0.1) is 0 Å². The summed E-state index contributed by atoms with van der Waals surface area (Å²) >= 11 is 5.91. The number of benzene rings is 2. The fourth-order valence-corrected chi connectivity index (χ4v) is 3.93. The maximum absolute atomic E-state index is 12.4. The van der Waals surface area contributed by atoms with Gasteiger partial charge < -0.3 is 15.5 Å². The van der Waals surface area contributed by atoms with Gasteiger partial charge in [0, 0.05) is 43.7 Å². The highest BCUT2D eigenvalue weighted by Gasteiger charge is 2.24. The summed E-state index contributed by atoms with van der Waals surface area (Å²) in [6.45, 7) is 2.15. The average Bonchev–Trinajstić information content (AvgIpc) is 2.84. The molecule has 1 saturated heterocycles. The van der Waals surface area contributed by atoms with Gasteiger partial charge in [0.1, 0.15) is 0 Å². The van der Waals surface area contributed by atoms with Crippen LogP contribution in [0.1, 0.15) is 24.8 Å². The van der Waals surface area contributed by atoms with E-state index in [0.717, 1.165) is 37.1 Å². The Morgan fingerprint density at radius 1 is 1.03 bits per heavy atom. The van der Waals surface area contributed by atoms with Gasteiger partial charge in [-0.25, -0.2) is 0 Å². The quantitative estimate of drug-likeness (QED) is 0.562. The number of rotatable bonds is 7. The van der Waals surface area contributed by atoms with Crippen LogP contribution in [0.5, 0.6) is 0 Å². The van der Waals surface area contributed by atoms with Crippen molar-refractivity contribution in [3.05, 3.63) is 65.2 Å². The number of anilines is 2. The van der Waals surface area contributed by atoms with Gasteiger partial charge in [-0.1, -0.05) is 54.1 Å². The molecule has 8 heteroatoms. The molecule has 2 N–H and O–H groups in total. The van der Waals surface area contributed by atoms with Crippen molar-refractivity contribution in [2.75, 3.05) is 30.4 Å². The SMILES string of the molecule is CNc1nc(-c2ccccc2)nc(N2CCC(CC(=O)NCc3ccc(Cl)cc3)CC2)n1. The molecule has 2 aromatic carbocycles. The smallest absolute Gasteiger partial charge is 0.230 e. The molecule has 0 bridgehead atoms. The third kappa shape index (κ3) is 5.73. The Bertz CT molecular complexity index is 1040. The maximum atomic E-state index is 12.4. The molecular weight excluding hydrogens is 424 g/mol. The lowest BCUT2D eigenvalue weighted by atomic mass is 9.93. The second-order valence-electron chi connectivity index (χ2n) is 7.94. The van der Waals surface area contributed by atoms with Crippen LogP contribution in [0.3, 0.4) is 0 Å². The number of nitrogens with one attached hydrogen (secondary N) is 2. The molecule has 4 rings (SSSR count). The summed E-state index contributed by atoms with van der Waals surface area (Å²) in [5.41, 5.74) is 2.00. The Hall–Kier alpha value is -3.19. The molecule has 0 spiro atoms. The monoisotopic (exact) mass is 450 g/mol. The Labute approximate surface area is 193 Å². The van der Waals surface area contributed by atoms with E-state index in [1.165, 1.54) is 0 Å². The van der Waals surface area contributed by atoms with Gasteiger partial charge in [-0.15, -0.1) is 0 Å². The molecule has 1 aliphatic rings. The first kappa shape index (κ1) is 22.0. The predicted molar refractivity (Wildman–Crippen MR) is 128 cm³/mol. The van der Waals surface area contributed by atoms with E-state index >= 15 is 0 Å². The zero-order chi connectivity index (χ0) is 22.3. The van der Waals surface area contributed by atoms with E-state index in [0.29, 0.717) is 41.6 Å². The number of halogens is 1. The lowest BCUT2D eigenvalue weighted by Gasteiger charge is -2.32. The molecule has 7 nitrogen and oxygen atoms in total. The number of carbonyl (C=O) groups excluding carboxylic acids is 1. The van der Waals surface area contributed by atoms with Crippen molar-refractivity contribution >= 4 is 29.4 Å². The number of aromatic nitrogens is 3. The summed E-state index contributed by atoms with van der Waals surface area (Å²) in [6.07, 6.45) is 2.39. The first-order valence-corrected chi connectivity index (χ1v) is 11.2. The number of hydrogen-bond donors (Lipinski definition) is 2. The highest BCUT2D eigenvalue weighted by molar-refractivity contribution is 6.30. The van der Waals surface area contributed by atoms with Gasteiger partial charge in [0.15, 0.2) is 5.82 Å². The summed E-state index contributed by atoms with van der Waals surface area (Å²) in [4.78, 5) is 28.3. The molecule has 0 saturated carbocycles. The maximum Gasteiger partial charge on any atom is 0.230 e. The van der Waals surface area contributed by atoms with Crippen molar-refractivity contribution < 1.29 is 4.79 Å². The number of nitrogens with zero attached hydrogens (tertiary/aromatic N) is 4. The summed E-state index contributed by atoms with van der Waals surface area (Å²) in [5, 5.41) is 6.74. The van der Waals surface area contributed by atoms with Gasteiger partial charge in [0.25, 0.3) is 0 Å². The molecule has 3 aromatic rings. The normalized spacial score (nSPS) is 14.2. The molecule has 0 radical (unpaired) electrons. The summed E-state index contributed by atoms with van der Waals surface area (Å²) in [7, 11) is 1.81. The number of carbonyl (C=O) groups is 1. The number of hydrogen-bond acceptors (Lipinski definition) is 6. The molecule has 1 aliphatic heterocycles. The number of piperidine rings is 1. The van der Waals surface area contributed by atoms with Crippen molar-refractivity contribution in [3.63, 3.8) is 0 Å². The second-order valence-corrected chi connectivity index (χ2v) is 8.37. The third-order valence-corrected chi connectivity index (χ3v) is 5.91. The molecule has 0 unspecified atom stereocenters. The summed E-state index contributed by atoms with van der Waals surface area (Å²) < 4.78 is 0. The minimum Gasteiger partial charge on any atom is -0.357 e. The van der Waals surface area contributed by atoms with E-state index in [4.69, 9.17) is 16.6 Å². The highest BCUT2D eigenvalue weighted by atomic mass is 35.5. The van der Waals surface area contributed by atoms with Crippen molar-refractivity contribution in [1.29, 1.82) is 0 Å². The molecule has 0 aliphatic carbocycles. The molecule has 166 valence electrons. The largest absolute Gasteiger partial charge is 0.357 e. The van der Waals surface area contributed by atoms with E-state index in [1.54, 1.807) is 0 Å². The molecule has 32 heavy (non-hydrogen) atoms. The Kier molecular flexibility index (Phi) is 7.17. The fourth-order valence-electron chi connectivity index (χ4n) is 3.81. The minimum absolute atomic E-state index is 0.0856. The van der Waals surface area contributed by atoms with Gasteiger partial charge in [0.2, 0.25) is 17.8 Å². The molecule has 1 fully saturated rings. The second kappa shape index (κ2) is 10.4. The first-order chi connectivity index (χ1) is 15.6.